The van der Waals surface area contributed by atoms with Crippen LogP contribution in [0.1, 0.15) is 12.0 Å². The maximum absolute atomic E-state index is 9.51. The Labute approximate surface area is 90.6 Å². The van der Waals surface area contributed by atoms with Crippen LogP contribution in [0.15, 0.2) is 24.3 Å². The van der Waals surface area contributed by atoms with E-state index < -0.39 is 6.10 Å². The predicted molar refractivity (Wildman–Crippen MR) is 59.2 cm³/mol. The van der Waals surface area contributed by atoms with Crippen LogP contribution in [-0.2, 0) is 11.2 Å². The van der Waals surface area contributed by atoms with Crippen molar-refractivity contribution >= 4 is 0 Å². The summed E-state index contributed by atoms with van der Waals surface area (Å²) < 4.78 is 10.1. The second-order valence-electron chi connectivity index (χ2n) is 3.46. The van der Waals surface area contributed by atoms with Gasteiger partial charge in [-0.1, -0.05) is 18.2 Å². The minimum atomic E-state index is -0.403. The largest absolute Gasteiger partial charge is 0.496 e. The molecule has 0 aliphatic rings. The molecule has 0 aliphatic heterocycles. The summed E-state index contributed by atoms with van der Waals surface area (Å²) in [5.74, 6) is 0.877. The van der Waals surface area contributed by atoms with Gasteiger partial charge >= 0.3 is 0 Å². The first-order valence-electron chi connectivity index (χ1n) is 5.06. The van der Waals surface area contributed by atoms with Crippen molar-refractivity contribution in [1.82, 2.24) is 0 Å². The molecule has 1 rings (SSSR count). The molecule has 0 amide bonds. The first kappa shape index (κ1) is 12.0. The van der Waals surface area contributed by atoms with Gasteiger partial charge in [-0.15, -0.1) is 0 Å². The van der Waals surface area contributed by atoms with Crippen molar-refractivity contribution in [3.05, 3.63) is 29.8 Å². The summed E-state index contributed by atoms with van der Waals surface area (Å²) in [6.07, 6.45) is 1.09. The lowest BCUT2D eigenvalue weighted by atomic mass is 10.1. The summed E-state index contributed by atoms with van der Waals surface area (Å²) in [6.45, 7) is 0.384. The molecule has 1 unspecified atom stereocenters. The van der Waals surface area contributed by atoms with Crippen molar-refractivity contribution in [2.45, 2.75) is 18.9 Å². The Bertz CT molecular complexity index is 286. The molecule has 1 aromatic carbocycles. The quantitative estimate of drug-likeness (QED) is 0.775. The number of aliphatic hydroxyl groups excluding tert-OH is 1. The number of aryl methyl sites for hydroxylation is 1. The number of hydrogen-bond donors (Lipinski definition) is 1. The highest BCUT2D eigenvalue weighted by atomic mass is 16.5. The first-order chi connectivity index (χ1) is 7.27. The van der Waals surface area contributed by atoms with Crippen molar-refractivity contribution in [3.63, 3.8) is 0 Å². The van der Waals surface area contributed by atoms with Gasteiger partial charge in [-0.2, -0.15) is 0 Å². The van der Waals surface area contributed by atoms with Gasteiger partial charge in [0.1, 0.15) is 5.75 Å². The second kappa shape index (κ2) is 6.43. The molecule has 0 spiro atoms. The Kier molecular flexibility index (Phi) is 5.15. The lowest BCUT2D eigenvalue weighted by Crippen LogP contribution is -2.14. The fourth-order valence-corrected chi connectivity index (χ4v) is 1.51. The summed E-state index contributed by atoms with van der Waals surface area (Å²) >= 11 is 0. The van der Waals surface area contributed by atoms with E-state index in [4.69, 9.17) is 9.47 Å². The van der Waals surface area contributed by atoms with E-state index >= 15 is 0 Å². The van der Waals surface area contributed by atoms with Gasteiger partial charge in [-0.25, -0.2) is 0 Å². The lowest BCUT2D eigenvalue weighted by molar-refractivity contribution is 0.0594. The number of hydrogen-bond acceptors (Lipinski definition) is 3. The van der Waals surface area contributed by atoms with E-state index in [9.17, 15) is 5.11 Å². The minimum Gasteiger partial charge on any atom is -0.496 e. The molecular weight excluding hydrogens is 192 g/mol. The molecule has 15 heavy (non-hydrogen) atoms. The normalized spacial score (nSPS) is 12.5. The molecule has 0 saturated carbocycles. The van der Waals surface area contributed by atoms with E-state index in [1.165, 1.54) is 0 Å². The molecule has 0 heterocycles. The van der Waals surface area contributed by atoms with Crippen LogP contribution in [0.5, 0.6) is 5.75 Å². The summed E-state index contributed by atoms with van der Waals surface area (Å²) in [5.41, 5.74) is 1.12. The summed E-state index contributed by atoms with van der Waals surface area (Å²) in [5, 5.41) is 9.51. The average Bonchev–Trinajstić information content (AvgIpc) is 2.27. The highest BCUT2D eigenvalue weighted by molar-refractivity contribution is 5.33. The lowest BCUT2D eigenvalue weighted by Gasteiger charge is -2.11. The van der Waals surface area contributed by atoms with Gasteiger partial charge in [0.2, 0.25) is 0 Å². The number of benzene rings is 1. The van der Waals surface area contributed by atoms with Crippen LogP contribution < -0.4 is 4.74 Å². The Hall–Kier alpha value is -1.06. The maximum Gasteiger partial charge on any atom is 0.122 e. The molecule has 1 aromatic rings. The molecule has 1 N–H and O–H groups in total. The van der Waals surface area contributed by atoms with E-state index in [1.54, 1.807) is 14.2 Å². The molecule has 0 aromatic heterocycles. The van der Waals surface area contributed by atoms with Crippen LogP contribution in [-0.4, -0.2) is 32.0 Å². The van der Waals surface area contributed by atoms with Gasteiger partial charge in [0.25, 0.3) is 0 Å². The van der Waals surface area contributed by atoms with Gasteiger partial charge in [-0.05, 0) is 24.5 Å². The van der Waals surface area contributed by atoms with E-state index in [0.29, 0.717) is 13.0 Å². The summed E-state index contributed by atoms with van der Waals surface area (Å²) in [7, 11) is 3.25. The molecule has 3 nitrogen and oxygen atoms in total. The molecular formula is C12H18O3. The van der Waals surface area contributed by atoms with Crippen LogP contribution in [0.3, 0.4) is 0 Å². The maximum atomic E-state index is 9.51. The van der Waals surface area contributed by atoms with Crippen LogP contribution in [0.4, 0.5) is 0 Å². The zero-order valence-electron chi connectivity index (χ0n) is 9.27. The monoisotopic (exact) mass is 210 g/mol. The van der Waals surface area contributed by atoms with Crippen molar-refractivity contribution < 1.29 is 14.6 Å². The highest BCUT2D eigenvalue weighted by Crippen LogP contribution is 2.19. The van der Waals surface area contributed by atoms with Gasteiger partial charge < -0.3 is 14.6 Å². The molecule has 1 atom stereocenters. The zero-order chi connectivity index (χ0) is 11.1. The molecule has 0 radical (unpaired) electrons. The highest BCUT2D eigenvalue weighted by Gasteiger charge is 2.06. The number of para-hydroxylation sites is 1. The van der Waals surface area contributed by atoms with Gasteiger partial charge in [0.05, 0.1) is 19.8 Å². The Morgan fingerprint density at radius 2 is 2.00 bits per heavy atom. The molecule has 0 bridgehead atoms. The van der Waals surface area contributed by atoms with Gasteiger partial charge in [-0.3, -0.25) is 0 Å². The van der Waals surface area contributed by atoms with Crippen LogP contribution >= 0.6 is 0 Å². The van der Waals surface area contributed by atoms with Gasteiger partial charge in [0.15, 0.2) is 0 Å². The Morgan fingerprint density at radius 1 is 1.27 bits per heavy atom. The first-order valence-corrected chi connectivity index (χ1v) is 5.06. The summed E-state index contributed by atoms with van der Waals surface area (Å²) in [4.78, 5) is 0. The fourth-order valence-electron chi connectivity index (χ4n) is 1.51. The number of methoxy groups -OCH3 is 2. The van der Waals surface area contributed by atoms with E-state index in [2.05, 4.69) is 0 Å². The van der Waals surface area contributed by atoms with Gasteiger partial charge in [0, 0.05) is 7.11 Å². The van der Waals surface area contributed by atoms with Crippen molar-refractivity contribution in [2.75, 3.05) is 20.8 Å². The van der Waals surface area contributed by atoms with Crippen molar-refractivity contribution in [3.8, 4) is 5.75 Å². The molecule has 0 saturated heterocycles. The third-order valence-electron chi connectivity index (χ3n) is 2.30. The molecule has 84 valence electrons. The van der Waals surface area contributed by atoms with Crippen LogP contribution in [0.2, 0.25) is 0 Å². The smallest absolute Gasteiger partial charge is 0.122 e. The van der Waals surface area contributed by atoms with E-state index in [-0.39, 0.29) is 0 Å². The average molecular weight is 210 g/mol. The SMILES string of the molecule is COCC(O)CCc1ccccc1OC. The number of aliphatic hydroxyl groups is 1. The minimum absolute atomic E-state index is 0.384. The molecule has 3 heteroatoms. The van der Waals surface area contributed by atoms with Crippen LogP contribution in [0, 0.1) is 0 Å². The number of ether oxygens (including phenoxy) is 2. The van der Waals surface area contributed by atoms with E-state index in [0.717, 1.165) is 17.7 Å². The van der Waals surface area contributed by atoms with E-state index in [1.807, 2.05) is 24.3 Å². The predicted octanol–water partition coefficient (Wildman–Crippen LogP) is 1.64. The van der Waals surface area contributed by atoms with Crippen molar-refractivity contribution in [1.29, 1.82) is 0 Å². The fraction of sp³-hybridized carbons (Fsp3) is 0.500. The number of rotatable bonds is 6. The third-order valence-corrected chi connectivity index (χ3v) is 2.30. The topological polar surface area (TPSA) is 38.7 Å². The molecule has 0 fully saturated rings. The Balaban J connectivity index is 2.49. The summed E-state index contributed by atoms with van der Waals surface area (Å²) in [6, 6.07) is 7.85. The second-order valence-corrected chi connectivity index (χ2v) is 3.46. The third kappa shape index (κ3) is 3.90. The standard InChI is InChI=1S/C12H18O3/c1-14-9-11(13)8-7-10-5-3-4-6-12(10)15-2/h3-6,11,13H,7-9H2,1-2H3. The zero-order valence-corrected chi connectivity index (χ0v) is 9.27. The molecule has 0 aliphatic carbocycles. The van der Waals surface area contributed by atoms with Crippen molar-refractivity contribution in [2.24, 2.45) is 0 Å². The van der Waals surface area contributed by atoms with Crippen LogP contribution in [0.25, 0.3) is 0 Å². The Morgan fingerprint density at radius 3 is 2.67 bits per heavy atom.